The van der Waals surface area contributed by atoms with Crippen molar-refractivity contribution >= 4 is 11.6 Å². The van der Waals surface area contributed by atoms with Crippen LogP contribution in [0.25, 0.3) is 10.4 Å². The first-order valence-electron chi connectivity index (χ1n) is 4.72. The van der Waals surface area contributed by atoms with Crippen LogP contribution in [-0.4, -0.2) is 52.1 Å². The number of rotatable bonds is 11. The Morgan fingerprint density at radius 1 is 0.933 bits per heavy atom. The van der Waals surface area contributed by atoms with Gasteiger partial charge in [-0.05, 0) is 5.53 Å². The molecular weight excluding hydrogens is 222 g/mol. The molecule has 0 aliphatic rings. The van der Waals surface area contributed by atoms with Gasteiger partial charge in [-0.25, -0.2) is 0 Å². The SMILES string of the molecule is [N-]=[N+]=NCCOCCOCCOCCCl. The van der Waals surface area contributed by atoms with E-state index in [0.717, 1.165) is 0 Å². The molecule has 0 aromatic rings. The van der Waals surface area contributed by atoms with Crippen LogP contribution in [0.2, 0.25) is 0 Å². The Morgan fingerprint density at radius 3 is 2.00 bits per heavy atom. The Balaban J connectivity index is 2.89. The third-order valence-corrected chi connectivity index (χ3v) is 1.52. The number of nitrogens with zero attached hydrogens (tertiary/aromatic N) is 3. The number of hydrogen-bond donors (Lipinski definition) is 0. The van der Waals surface area contributed by atoms with Crippen LogP contribution in [0.15, 0.2) is 5.11 Å². The van der Waals surface area contributed by atoms with Gasteiger partial charge < -0.3 is 14.2 Å². The molecule has 0 saturated heterocycles. The molecule has 0 radical (unpaired) electrons. The van der Waals surface area contributed by atoms with E-state index < -0.39 is 0 Å². The third-order valence-electron chi connectivity index (χ3n) is 1.36. The summed E-state index contributed by atoms with van der Waals surface area (Å²) in [6.07, 6.45) is 0. The monoisotopic (exact) mass is 237 g/mol. The van der Waals surface area contributed by atoms with Crippen molar-refractivity contribution in [1.82, 2.24) is 0 Å². The molecule has 0 spiro atoms. The molecule has 0 aromatic carbocycles. The van der Waals surface area contributed by atoms with Gasteiger partial charge in [0.1, 0.15) is 0 Å². The molecule has 6 nitrogen and oxygen atoms in total. The average Bonchev–Trinajstić information content (AvgIpc) is 2.26. The van der Waals surface area contributed by atoms with Gasteiger partial charge >= 0.3 is 0 Å². The second kappa shape index (κ2) is 13.5. The zero-order chi connectivity index (χ0) is 11.2. The lowest BCUT2D eigenvalue weighted by Gasteiger charge is -2.04. The lowest BCUT2D eigenvalue weighted by atomic mass is 10.7. The van der Waals surface area contributed by atoms with E-state index in [4.69, 9.17) is 31.3 Å². The van der Waals surface area contributed by atoms with Crippen LogP contribution in [0.1, 0.15) is 0 Å². The molecule has 0 amide bonds. The Labute approximate surface area is 94.1 Å². The summed E-state index contributed by atoms with van der Waals surface area (Å²) in [5.41, 5.74) is 7.96. The van der Waals surface area contributed by atoms with Gasteiger partial charge in [0.25, 0.3) is 0 Å². The van der Waals surface area contributed by atoms with Crippen molar-refractivity contribution in [3.63, 3.8) is 0 Å². The summed E-state index contributed by atoms with van der Waals surface area (Å²) < 4.78 is 15.4. The second-order valence-corrected chi connectivity index (χ2v) is 2.86. The zero-order valence-electron chi connectivity index (χ0n) is 8.60. The van der Waals surface area contributed by atoms with Gasteiger partial charge in [-0.15, -0.1) is 11.6 Å². The molecule has 0 fully saturated rings. The number of halogens is 1. The topological polar surface area (TPSA) is 76.5 Å². The fourth-order valence-electron chi connectivity index (χ4n) is 0.747. The standard InChI is InChI=1S/C8H16ClN3O3/c9-1-3-13-5-7-15-8-6-14-4-2-11-12-10/h1-8H2. The highest BCUT2D eigenvalue weighted by Gasteiger charge is 1.90. The molecule has 15 heavy (non-hydrogen) atoms. The third kappa shape index (κ3) is 13.5. The zero-order valence-corrected chi connectivity index (χ0v) is 9.36. The van der Waals surface area contributed by atoms with Gasteiger partial charge in [0.2, 0.25) is 0 Å². The Kier molecular flexibility index (Phi) is 13.0. The summed E-state index contributed by atoms with van der Waals surface area (Å²) >= 11 is 5.40. The Bertz CT molecular complexity index is 177. The molecule has 0 heterocycles. The van der Waals surface area contributed by atoms with Crippen LogP contribution in [-0.2, 0) is 14.2 Å². The number of ether oxygens (including phenoxy) is 3. The van der Waals surface area contributed by atoms with Crippen LogP contribution in [0.5, 0.6) is 0 Å². The molecule has 0 saturated carbocycles. The van der Waals surface area contributed by atoms with E-state index in [1.807, 2.05) is 0 Å². The molecular formula is C8H16ClN3O3. The summed E-state index contributed by atoms with van der Waals surface area (Å²) in [5.74, 6) is 0.503. The van der Waals surface area contributed by atoms with Crippen molar-refractivity contribution in [2.45, 2.75) is 0 Å². The maximum absolute atomic E-state index is 7.96. The van der Waals surface area contributed by atoms with Gasteiger partial charge in [0.05, 0.1) is 39.6 Å². The lowest BCUT2D eigenvalue weighted by molar-refractivity contribution is 0.0188. The largest absolute Gasteiger partial charge is 0.379 e. The summed E-state index contributed by atoms with van der Waals surface area (Å²) in [6, 6.07) is 0. The first-order chi connectivity index (χ1) is 7.41. The minimum absolute atomic E-state index is 0.356. The summed E-state index contributed by atoms with van der Waals surface area (Å²) in [4.78, 5) is 2.60. The minimum Gasteiger partial charge on any atom is -0.379 e. The van der Waals surface area contributed by atoms with Gasteiger partial charge in [-0.1, -0.05) is 5.11 Å². The average molecular weight is 238 g/mol. The Hall–Kier alpha value is -0.520. The molecule has 88 valence electrons. The van der Waals surface area contributed by atoms with Crippen LogP contribution in [0, 0.1) is 0 Å². The van der Waals surface area contributed by atoms with Crippen molar-refractivity contribution in [2.75, 3.05) is 52.1 Å². The van der Waals surface area contributed by atoms with E-state index in [1.54, 1.807) is 0 Å². The molecule has 0 rings (SSSR count). The van der Waals surface area contributed by atoms with Gasteiger partial charge in [-0.2, -0.15) is 0 Å². The van der Waals surface area contributed by atoms with E-state index in [1.165, 1.54) is 0 Å². The van der Waals surface area contributed by atoms with Crippen molar-refractivity contribution in [2.24, 2.45) is 5.11 Å². The molecule has 7 heteroatoms. The van der Waals surface area contributed by atoms with Crippen molar-refractivity contribution in [1.29, 1.82) is 0 Å². The summed E-state index contributed by atoms with van der Waals surface area (Å²) in [7, 11) is 0. The molecule has 0 aliphatic heterocycles. The van der Waals surface area contributed by atoms with Gasteiger partial charge in [-0.3, -0.25) is 0 Å². The lowest BCUT2D eigenvalue weighted by Crippen LogP contribution is -2.11. The van der Waals surface area contributed by atoms with Crippen molar-refractivity contribution in [3.8, 4) is 0 Å². The van der Waals surface area contributed by atoms with E-state index >= 15 is 0 Å². The van der Waals surface area contributed by atoms with Gasteiger partial charge in [0, 0.05) is 17.3 Å². The second-order valence-electron chi connectivity index (χ2n) is 2.48. The normalized spacial score (nSPS) is 9.93. The molecule has 0 aromatic heterocycles. The van der Waals surface area contributed by atoms with Crippen molar-refractivity contribution in [3.05, 3.63) is 10.4 Å². The Morgan fingerprint density at radius 2 is 1.47 bits per heavy atom. The van der Waals surface area contributed by atoms with Crippen LogP contribution >= 0.6 is 11.6 Å². The molecule has 0 atom stereocenters. The quantitative estimate of drug-likeness (QED) is 0.180. The van der Waals surface area contributed by atoms with Crippen LogP contribution in [0.4, 0.5) is 0 Å². The first-order valence-corrected chi connectivity index (χ1v) is 5.25. The highest BCUT2D eigenvalue weighted by Crippen LogP contribution is 1.83. The number of hydrogen-bond acceptors (Lipinski definition) is 4. The summed E-state index contributed by atoms with van der Waals surface area (Å²) in [5, 5.41) is 3.32. The van der Waals surface area contributed by atoms with E-state index in [-0.39, 0.29) is 0 Å². The highest BCUT2D eigenvalue weighted by molar-refractivity contribution is 6.17. The molecule has 0 unspecified atom stereocenters. The first kappa shape index (κ1) is 14.5. The summed E-state index contributed by atoms with van der Waals surface area (Å²) in [6.45, 7) is 3.43. The smallest absolute Gasteiger partial charge is 0.0701 e. The number of alkyl halides is 1. The van der Waals surface area contributed by atoms with Crippen molar-refractivity contribution < 1.29 is 14.2 Å². The molecule has 0 aliphatic carbocycles. The molecule has 0 bridgehead atoms. The maximum atomic E-state index is 7.96. The maximum Gasteiger partial charge on any atom is 0.0701 e. The van der Waals surface area contributed by atoms with Crippen LogP contribution in [0.3, 0.4) is 0 Å². The van der Waals surface area contributed by atoms with Gasteiger partial charge in [0.15, 0.2) is 0 Å². The van der Waals surface area contributed by atoms with E-state index in [0.29, 0.717) is 52.1 Å². The minimum atomic E-state index is 0.356. The predicted molar refractivity (Wildman–Crippen MR) is 57.2 cm³/mol. The number of azide groups is 1. The van der Waals surface area contributed by atoms with E-state index in [9.17, 15) is 0 Å². The fraction of sp³-hybridized carbons (Fsp3) is 1.00. The van der Waals surface area contributed by atoms with E-state index in [2.05, 4.69) is 10.0 Å². The fourth-order valence-corrected chi connectivity index (χ4v) is 0.856. The predicted octanol–water partition coefficient (Wildman–Crippen LogP) is 1.59. The highest BCUT2D eigenvalue weighted by atomic mass is 35.5. The van der Waals surface area contributed by atoms with Crippen LogP contribution < -0.4 is 0 Å². The molecule has 0 N–H and O–H groups in total.